The Hall–Kier alpha value is -4.58. The van der Waals surface area contributed by atoms with E-state index in [9.17, 15) is 13.2 Å². The van der Waals surface area contributed by atoms with Gasteiger partial charge in [0.15, 0.2) is 5.82 Å². The molecule has 0 radical (unpaired) electrons. The van der Waals surface area contributed by atoms with Crippen molar-refractivity contribution in [1.29, 1.82) is 0 Å². The summed E-state index contributed by atoms with van der Waals surface area (Å²) in [6, 6.07) is 15.4. The summed E-state index contributed by atoms with van der Waals surface area (Å²) in [7, 11) is 1.76. The highest BCUT2D eigenvalue weighted by Gasteiger charge is 2.46. The predicted octanol–water partition coefficient (Wildman–Crippen LogP) is 5.93. The molecular weight excluding hydrogens is 628 g/mol. The van der Waals surface area contributed by atoms with Crippen LogP contribution in [-0.2, 0) is 23.6 Å². The van der Waals surface area contributed by atoms with Crippen molar-refractivity contribution in [3.63, 3.8) is 0 Å². The molecule has 2 unspecified atom stereocenters. The molecule has 1 aliphatic heterocycles. The van der Waals surface area contributed by atoms with Crippen molar-refractivity contribution in [2.45, 2.75) is 45.2 Å². The number of nitrogens with one attached hydrogen (secondary N) is 1. The summed E-state index contributed by atoms with van der Waals surface area (Å²) in [6.07, 6.45) is 5.73. The van der Waals surface area contributed by atoms with Gasteiger partial charge in [-0.15, -0.1) is 0 Å². The van der Waals surface area contributed by atoms with E-state index >= 15 is 0 Å². The zero-order valence-corrected chi connectivity index (χ0v) is 28.7. The van der Waals surface area contributed by atoms with E-state index in [1.807, 2.05) is 31.3 Å². The molecule has 2 aliphatic carbocycles. The Balaban J connectivity index is 1.22. The van der Waals surface area contributed by atoms with E-state index in [1.54, 1.807) is 26.4 Å². The smallest absolute Gasteiger partial charge is 0.254 e. The van der Waals surface area contributed by atoms with Gasteiger partial charge in [-0.05, 0) is 85.9 Å². The number of benzene rings is 2. The van der Waals surface area contributed by atoms with Crippen LogP contribution in [0.15, 0.2) is 48.5 Å². The summed E-state index contributed by atoms with van der Waals surface area (Å²) >= 11 is 0. The Labute approximate surface area is 279 Å². The molecule has 12 heteroatoms. The first-order chi connectivity index (χ1) is 23.0. The molecule has 4 heterocycles. The predicted molar refractivity (Wildman–Crippen MR) is 186 cm³/mol. The molecule has 250 valence electrons. The van der Waals surface area contributed by atoms with E-state index in [-0.39, 0.29) is 5.91 Å². The lowest BCUT2D eigenvalue weighted by atomic mass is 10.0. The minimum Gasteiger partial charge on any atom is -0.496 e. The Morgan fingerprint density at radius 3 is 2.44 bits per heavy atom. The van der Waals surface area contributed by atoms with Crippen LogP contribution in [0.5, 0.6) is 11.5 Å². The highest BCUT2D eigenvalue weighted by molar-refractivity contribution is 7.92. The number of fused-ring (bicyclic) bond motifs is 4. The second-order valence-corrected chi connectivity index (χ2v) is 15.5. The molecule has 5 aromatic rings. The molecule has 11 nitrogen and oxygen atoms in total. The number of amides is 1. The van der Waals surface area contributed by atoms with Gasteiger partial charge in [-0.2, -0.15) is 0 Å². The lowest BCUT2D eigenvalue weighted by Gasteiger charge is -2.27. The molecule has 3 atom stereocenters. The van der Waals surface area contributed by atoms with Crippen molar-refractivity contribution in [3.05, 3.63) is 54.1 Å². The van der Waals surface area contributed by atoms with Crippen LogP contribution in [0, 0.1) is 17.8 Å². The average molecular weight is 669 g/mol. The van der Waals surface area contributed by atoms with Gasteiger partial charge in [-0.3, -0.25) is 9.52 Å². The minimum atomic E-state index is -3.44. The Kier molecular flexibility index (Phi) is 7.21. The summed E-state index contributed by atoms with van der Waals surface area (Å²) in [6.45, 7) is 3.90. The third-order valence-corrected chi connectivity index (χ3v) is 11.2. The number of sulfonamides is 1. The molecule has 2 aromatic carbocycles. The number of ether oxygens (including phenoxy) is 2. The van der Waals surface area contributed by atoms with E-state index in [0.29, 0.717) is 52.2 Å². The third-order valence-electron chi connectivity index (χ3n) is 10.6. The lowest BCUT2D eigenvalue weighted by molar-refractivity contribution is 0.0696. The number of aryl methyl sites for hydroxylation is 1. The van der Waals surface area contributed by atoms with Gasteiger partial charge in [0.25, 0.3) is 5.91 Å². The van der Waals surface area contributed by atoms with Gasteiger partial charge < -0.3 is 23.5 Å². The highest BCUT2D eigenvalue weighted by Crippen LogP contribution is 2.44. The SMILES string of the molecule is COc1cc(NS(C)(=O)=O)ccc1-c1ccc2cc(-c3nc4cc(C(=O)N5CC6CCC5[C@@H]6C)cc(OC)c4n3C)n(CC3CC3)c2n1. The van der Waals surface area contributed by atoms with Crippen molar-refractivity contribution in [1.82, 2.24) is 24.0 Å². The van der Waals surface area contributed by atoms with Gasteiger partial charge in [0, 0.05) is 48.8 Å². The van der Waals surface area contributed by atoms with Gasteiger partial charge in [0.2, 0.25) is 10.0 Å². The van der Waals surface area contributed by atoms with Gasteiger partial charge in [-0.1, -0.05) is 6.92 Å². The van der Waals surface area contributed by atoms with Crippen LogP contribution in [0.4, 0.5) is 5.69 Å². The normalized spacial score (nSPS) is 20.6. The van der Waals surface area contributed by atoms with Crippen molar-refractivity contribution in [2.75, 3.05) is 31.7 Å². The van der Waals surface area contributed by atoms with Crippen molar-refractivity contribution >= 4 is 43.7 Å². The van der Waals surface area contributed by atoms with Crippen molar-refractivity contribution in [2.24, 2.45) is 24.8 Å². The number of rotatable bonds is 9. The van der Waals surface area contributed by atoms with E-state index in [1.165, 1.54) is 19.3 Å². The molecule has 1 amide bonds. The number of anilines is 1. The Bertz CT molecular complexity index is 2220. The maximum absolute atomic E-state index is 13.8. The van der Waals surface area contributed by atoms with Crippen LogP contribution < -0.4 is 14.2 Å². The first kappa shape index (κ1) is 30.7. The number of hydrogen-bond donors (Lipinski definition) is 1. The number of nitrogens with zero attached hydrogens (tertiary/aromatic N) is 5. The number of hydrogen-bond acceptors (Lipinski definition) is 7. The average Bonchev–Trinajstić information content (AvgIpc) is 3.47. The molecule has 1 N–H and O–H groups in total. The van der Waals surface area contributed by atoms with Crippen molar-refractivity contribution < 1.29 is 22.7 Å². The van der Waals surface area contributed by atoms with E-state index in [2.05, 4.69) is 37.8 Å². The zero-order valence-electron chi connectivity index (χ0n) is 27.9. The number of aromatic nitrogens is 4. The Morgan fingerprint density at radius 2 is 1.77 bits per heavy atom. The maximum atomic E-state index is 13.8. The quantitative estimate of drug-likeness (QED) is 0.207. The fourth-order valence-electron chi connectivity index (χ4n) is 7.91. The van der Waals surface area contributed by atoms with Crippen LogP contribution >= 0.6 is 0 Å². The minimum absolute atomic E-state index is 0.0524. The van der Waals surface area contributed by atoms with E-state index < -0.39 is 10.0 Å². The number of carbonyl (C=O) groups excluding carboxylic acids is 1. The molecule has 3 aromatic heterocycles. The van der Waals surface area contributed by atoms with Gasteiger partial charge >= 0.3 is 0 Å². The standard InChI is InChI=1S/C36H40N6O5S/c1-20-23-9-13-29(20)42(19-23)36(43)24-14-28-33(32(16-24)47-4)40(2)35(38-28)30-15-22-8-12-27(37-34(22)41(30)18-21-6-7-21)26-11-10-25(17-31(26)46-3)39-48(5,44)45/h8,10-12,14-17,20-21,23,29,39H,6-7,9,13,18-19H2,1-5H3/t20-,23?,29?/m1/s1. The topological polar surface area (TPSA) is 121 Å². The number of likely N-dealkylation sites (tertiary alicyclic amines) is 1. The van der Waals surface area contributed by atoms with Gasteiger partial charge in [0.1, 0.15) is 22.7 Å². The Morgan fingerprint density at radius 1 is 0.979 bits per heavy atom. The van der Waals surface area contributed by atoms with Crippen molar-refractivity contribution in [3.8, 4) is 34.3 Å². The molecule has 8 rings (SSSR count). The maximum Gasteiger partial charge on any atom is 0.254 e. The molecular formula is C36H40N6O5S. The van der Waals surface area contributed by atoms with Crippen LogP contribution in [-0.4, -0.2) is 71.4 Å². The molecule has 48 heavy (non-hydrogen) atoms. The van der Waals surface area contributed by atoms with Crippen LogP contribution in [0.2, 0.25) is 0 Å². The summed E-state index contributed by atoms with van der Waals surface area (Å²) in [5.74, 6) is 3.66. The fourth-order valence-corrected chi connectivity index (χ4v) is 8.47. The number of carbonyl (C=O) groups is 1. The van der Waals surface area contributed by atoms with Gasteiger partial charge in [0.05, 0.1) is 43.1 Å². The molecule has 3 fully saturated rings. The zero-order chi connectivity index (χ0) is 33.5. The molecule has 1 saturated heterocycles. The summed E-state index contributed by atoms with van der Waals surface area (Å²) in [4.78, 5) is 26.2. The first-order valence-corrected chi connectivity index (χ1v) is 18.4. The molecule has 3 aliphatic rings. The summed E-state index contributed by atoms with van der Waals surface area (Å²) in [5.41, 5.74) is 5.84. The molecule has 2 saturated carbocycles. The first-order valence-electron chi connectivity index (χ1n) is 16.5. The number of imidazole rings is 1. The lowest BCUT2D eigenvalue weighted by Crippen LogP contribution is -2.38. The van der Waals surface area contributed by atoms with E-state index in [4.69, 9.17) is 19.4 Å². The largest absolute Gasteiger partial charge is 0.496 e. The monoisotopic (exact) mass is 668 g/mol. The summed E-state index contributed by atoms with van der Waals surface area (Å²) < 4.78 is 42.0. The second kappa shape index (κ2) is 11.3. The highest BCUT2D eigenvalue weighted by atomic mass is 32.2. The molecule has 2 bridgehead atoms. The third kappa shape index (κ3) is 5.17. The van der Waals surface area contributed by atoms with Crippen LogP contribution in [0.25, 0.3) is 44.8 Å². The fraction of sp³-hybridized carbons (Fsp3) is 0.417. The van der Waals surface area contributed by atoms with Crippen LogP contribution in [0.3, 0.4) is 0 Å². The van der Waals surface area contributed by atoms with Gasteiger partial charge in [-0.25, -0.2) is 18.4 Å². The number of piperidine rings is 1. The van der Waals surface area contributed by atoms with E-state index in [0.717, 1.165) is 64.9 Å². The number of methoxy groups -OCH3 is 2. The number of pyridine rings is 1. The van der Waals surface area contributed by atoms with Crippen LogP contribution in [0.1, 0.15) is 43.0 Å². The summed E-state index contributed by atoms with van der Waals surface area (Å²) in [5, 5.41) is 0.983. The second-order valence-electron chi connectivity index (χ2n) is 13.7. The molecule has 0 spiro atoms.